The van der Waals surface area contributed by atoms with Crippen LogP contribution in [0.1, 0.15) is 49.8 Å². The first-order valence-electron chi connectivity index (χ1n) is 14.7. The van der Waals surface area contributed by atoms with Crippen LogP contribution in [-0.2, 0) is 11.2 Å². The Morgan fingerprint density at radius 3 is 2.48 bits per heavy atom. The number of anilines is 1. The highest BCUT2D eigenvalue weighted by Crippen LogP contribution is 2.32. The Labute approximate surface area is 268 Å². The topological polar surface area (TPSA) is 102 Å². The van der Waals surface area contributed by atoms with Gasteiger partial charge in [0.2, 0.25) is 5.91 Å². The number of aliphatic imine (C=N–C) groups is 1. The molecule has 2 heterocycles. The maximum absolute atomic E-state index is 13.0. The molecule has 1 aliphatic heterocycles. The molecule has 5 rings (SSSR count). The summed E-state index contributed by atoms with van der Waals surface area (Å²) in [6.45, 7) is 7.95. The Morgan fingerprint density at radius 1 is 1.09 bits per heavy atom. The van der Waals surface area contributed by atoms with Crippen LogP contribution in [0.2, 0.25) is 0 Å². The Bertz CT molecular complexity index is 1740. The predicted octanol–water partition coefficient (Wildman–Crippen LogP) is 7.43. The van der Waals surface area contributed by atoms with Crippen molar-refractivity contribution in [3.63, 3.8) is 0 Å². The molecule has 1 fully saturated rings. The minimum absolute atomic E-state index is 0.0666. The van der Waals surface area contributed by atoms with E-state index in [1.165, 1.54) is 47.0 Å². The second kappa shape index (κ2) is 13.8. The molecule has 13 heteroatoms. The fourth-order valence-corrected chi connectivity index (χ4v) is 5.89. The van der Waals surface area contributed by atoms with Crippen molar-refractivity contribution in [3.8, 4) is 22.8 Å². The third kappa shape index (κ3) is 7.76. The summed E-state index contributed by atoms with van der Waals surface area (Å²) in [6, 6.07) is 18.2. The molecule has 46 heavy (non-hydrogen) atoms. The largest absolute Gasteiger partial charge is 0.573 e. The van der Waals surface area contributed by atoms with Gasteiger partial charge < -0.3 is 10.1 Å². The van der Waals surface area contributed by atoms with Crippen molar-refractivity contribution in [2.45, 2.75) is 58.9 Å². The molecule has 0 bridgehead atoms. The van der Waals surface area contributed by atoms with Crippen molar-refractivity contribution in [1.29, 1.82) is 0 Å². The molecular formula is C33H33F3N6O3S. The number of ether oxygens (including phenoxy) is 1. The van der Waals surface area contributed by atoms with Gasteiger partial charge in [-0.2, -0.15) is 4.99 Å². The zero-order chi connectivity index (χ0) is 33.0. The van der Waals surface area contributed by atoms with Crippen molar-refractivity contribution in [2.24, 2.45) is 4.99 Å². The molecule has 2 unspecified atom stereocenters. The van der Waals surface area contributed by atoms with E-state index in [2.05, 4.69) is 32.1 Å². The summed E-state index contributed by atoms with van der Waals surface area (Å²) in [5, 5.41) is 7.77. The van der Waals surface area contributed by atoms with E-state index >= 15 is 0 Å². The van der Waals surface area contributed by atoms with Crippen LogP contribution in [0.25, 0.3) is 17.1 Å². The Balaban J connectivity index is 1.23. The van der Waals surface area contributed by atoms with Crippen molar-refractivity contribution < 1.29 is 27.5 Å². The Morgan fingerprint density at radius 2 is 1.80 bits per heavy atom. The molecule has 4 aromatic rings. The summed E-state index contributed by atoms with van der Waals surface area (Å²) in [6.07, 6.45) is -1.55. The van der Waals surface area contributed by atoms with Gasteiger partial charge in [-0.3, -0.25) is 9.69 Å². The number of aryl methyl sites for hydroxylation is 2. The van der Waals surface area contributed by atoms with Crippen LogP contribution < -0.4 is 15.0 Å². The van der Waals surface area contributed by atoms with E-state index in [4.69, 9.17) is 0 Å². The molecule has 0 radical (unpaired) electrons. The van der Waals surface area contributed by atoms with Crippen molar-refractivity contribution in [3.05, 3.63) is 89.7 Å². The number of aromatic nitrogens is 3. The second-order valence-electron chi connectivity index (χ2n) is 11.0. The van der Waals surface area contributed by atoms with Gasteiger partial charge in [0.15, 0.2) is 11.0 Å². The van der Waals surface area contributed by atoms with Crippen LogP contribution in [0.15, 0.2) is 78.0 Å². The van der Waals surface area contributed by atoms with Crippen LogP contribution in [0.4, 0.5) is 23.7 Å². The first kappa shape index (κ1) is 32.7. The smallest absolute Gasteiger partial charge is 0.406 e. The molecular weight excluding hydrogens is 617 g/mol. The maximum Gasteiger partial charge on any atom is 0.573 e. The van der Waals surface area contributed by atoms with Gasteiger partial charge in [0.25, 0.3) is 0 Å². The number of hydrogen-bond donors (Lipinski definition) is 1. The van der Waals surface area contributed by atoms with E-state index in [-0.39, 0.29) is 29.4 Å². The average Bonchev–Trinajstić information content (AvgIpc) is 3.64. The number of nitrogens with zero attached hydrogens (tertiary/aromatic N) is 5. The number of amidine groups is 1. The number of amides is 3. The molecule has 2 atom stereocenters. The quantitative estimate of drug-likeness (QED) is 0.202. The molecule has 240 valence electrons. The SMILES string of the molecule is CCCc1ccc(C)cc1N1C(=O)CSC1=NC(=O)NC(C)C(C)c1ccc(-c2ncn(-c3ccc(OC(F)(F)F)cc3)n2)cc1. The van der Waals surface area contributed by atoms with E-state index in [0.717, 1.165) is 40.8 Å². The number of carbonyl (C=O) groups is 2. The minimum Gasteiger partial charge on any atom is -0.406 e. The monoisotopic (exact) mass is 650 g/mol. The van der Waals surface area contributed by atoms with Crippen LogP contribution in [-0.4, -0.2) is 50.0 Å². The van der Waals surface area contributed by atoms with Gasteiger partial charge in [-0.15, -0.1) is 18.3 Å². The third-order valence-electron chi connectivity index (χ3n) is 7.59. The molecule has 0 spiro atoms. The summed E-state index contributed by atoms with van der Waals surface area (Å²) in [4.78, 5) is 36.1. The number of alkyl halides is 3. The molecule has 1 aliphatic rings. The number of nitrogens with one attached hydrogen (secondary N) is 1. The highest BCUT2D eigenvalue weighted by Gasteiger charge is 2.33. The number of hydrogen-bond acceptors (Lipinski definition) is 6. The third-order valence-corrected chi connectivity index (χ3v) is 8.51. The second-order valence-corrected chi connectivity index (χ2v) is 11.9. The number of benzene rings is 3. The lowest BCUT2D eigenvalue weighted by Crippen LogP contribution is -2.36. The lowest BCUT2D eigenvalue weighted by atomic mass is 9.93. The summed E-state index contributed by atoms with van der Waals surface area (Å²) in [7, 11) is 0. The predicted molar refractivity (Wildman–Crippen MR) is 172 cm³/mol. The Hall–Kier alpha value is -4.65. The van der Waals surface area contributed by atoms with Crippen LogP contribution in [0.3, 0.4) is 0 Å². The van der Waals surface area contributed by atoms with Crippen LogP contribution >= 0.6 is 11.8 Å². The number of thioether (sulfide) groups is 1. The van der Waals surface area contributed by atoms with Gasteiger partial charge in [0.1, 0.15) is 12.1 Å². The Kier molecular flexibility index (Phi) is 9.80. The zero-order valence-corrected chi connectivity index (χ0v) is 26.5. The van der Waals surface area contributed by atoms with Crippen LogP contribution in [0, 0.1) is 6.92 Å². The minimum atomic E-state index is -4.76. The molecule has 1 N–H and O–H groups in total. The summed E-state index contributed by atoms with van der Waals surface area (Å²) in [5.41, 5.74) is 5.08. The zero-order valence-electron chi connectivity index (χ0n) is 25.7. The van der Waals surface area contributed by atoms with E-state index in [1.807, 2.05) is 63.2 Å². The van der Waals surface area contributed by atoms with Crippen LogP contribution in [0.5, 0.6) is 5.75 Å². The van der Waals surface area contributed by atoms with Crippen molar-refractivity contribution in [1.82, 2.24) is 20.1 Å². The van der Waals surface area contributed by atoms with Gasteiger partial charge in [0.05, 0.1) is 17.1 Å². The van der Waals surface area contributed by atoms with Crippen molar-refractivity contribution >= 4 is 34.6 Å². The summed E-state index contributed by atoms with van der Waals surface area (Å²) >= 11 is 1.25. The lowest BCUT2D eigenvalue weighted by molar-refractivity contribution is -0.274. The maximum atomic E-state index is 13.0. The molecule has 1 saturated heterocycles. The average molecular weight is 651 g/mol. The number of carbonyl (C=O) groups excluding carboxylic acids is 2. The van der Waals surface area contributed by atoms with E-state index in [0.29, 0.717) is 16.7 Å². The van der Waals surface area contributed by atoms with Gasteiger partial charge in [0, 0.05) is 17.5 Å². The highest BCUT2D eigenvalue weighted by atomic mass is 32.2. The molecule has 1 aromatic heterocycles. The van der Waals surface area contributed by atoms with E-state index in [1.54, 1.807) is 4.90 Å². The first-order valence-corrected chi connectivity index (χ1v) is 15.7. The molecule has 9 nitrogen and oxygen atoms in total. The standard InChI is InChI=1S/C33H33F3N6O3S/c1-5-6-24-8-7-20(2)17-28(24)42-29(43)18-46-32(42)39-31(44)38-22(4)21(3)23-9-11-25(12-10-23)30-37-19-41(40-30)26-13-15-27(16-14-26)45-33(34,35)36/h7-17,19,21-22H,5-6,18H2,1-4H3,(H,38,44). The highest BCUT2D eigenvalue weighted by molar-refractivity contribution is 8.15. The molecule has 3 amide bonds. The lowest BCUT2D eigenvalue weighted by Gasteiger charge is -2.22. The fourth-order valence-electron chi connectivity index (χ4n) is 5.03. The van der Waals surface area contributed by atoms with Gasteiger partial charge in [-0.05, 0) is 67.3 Å². The number of rotatable bonds is 9. The van der Waals surface area contributed by atoms with Gasteiger partial charge in [-0.1, -0.05) is 68.4 Å². The van der Waals surface area contributed by atoms with E-state index in [9.17, 15) is 22.8 Å². The molecule has 0 aliphatic carbocycles. The summed E-state index contributed by atoms with van der Waals surface area (Å²) < 4.78 is 42.7. The normalized spacial score (nSPS) is 15.7. The fraction of sp³-hybridized carbons (Fsp3) is 0.303. The molecule has 3 aromatic carbocycles. The summed E-state index contributed by atoms with van der Waals surface area (Å²) in [5.74, 6) is 0.171. The van der Waals surface area contributed by atoms with Crippen molar-refractivity contribution in [2.75, 3.05) is 10.7 Å². The number of halogens is 3. The van der Waals surface area contributed by atoms with Gasteiger partial charge in [-0.25, -0.2) is 14.5 Å². The molecule has 0 saturated carbocycles. The van der Waals surface area contributed by atoms with Gasteiger partial charge >= 0.3 is 12.4 Å². The van der Waals surface area contributed by atoms with E-state index < -0.39 is 12.4 Å². The first-order chi connectivity index (χ1) is 21.9. The number of urea groups is 1.